The summed E-state index contributed by atoms with van der Waals surface area (Å²) < 4.78 is 38.9. The molecular formula is C24H26N2O5S2. The minimum atomic E-state index is -4.07. The number of hydrogen-bond donors (Lipinski definition) is 0. The topological polar surface area (TPSA) is 85.8 Å². The molecular weight excluding hydrogens is 460 g/mol. The molecule has 0 saturated heterocycles. The molecule has 3 aromatic rings. The molecule has 0 radical (unpaired) electrons. The van der Waals surface area contributed by atoms with Crippen LogP contribution in [0.25, 0.3) is 12.2 Å². The Kier molecular flexibility index (Phi) is 7.55. The van der Waals surface area contributed by atoms with Crippen LogP contribution in [-0.2, 0) is 19.6 Å². The Morgan fingerprint density at radius 2 is 1.73 bits per heavy atom. The lowest BCUT2D eigenvalue weighted by atomic mass is 10.2. The van der Waals surface area contributed by atoms with Gasteiger partial charge in [-0.25, -0.2) is 8.42 Å². The van der Waals surface area contributed by atoms with Gasteiger partial charge < -0.3 is 9.47 Å². The molecule has 2 aromatic heterocycles. The van der Waals surface area contributed by atoms with Crippen molar-refractivity contribution in [3.8, 4) is 5.75 Å². The van der Waals surface area contributed by atoms with Gasteiger partial charge >= 0.3 is 5.97 Å². The van der Waals surface area contributed by atoms with E-state index >= 15 is 0 Å². The summed E-state index contributed by atoms with van der Waals surface area (Å²) in [6.07, 6.45) is 7.04. The largest absolute Gasteiger partial charge is 0.497 e. The zero-order valence-electron chi connectivity index (χ0n) is 18.9. The molecule has 0 saturated carbocycles. The molecule has 0 unspecified atom stereocenters. The smallest absolute Gasteiger partial charge is 0.327 e. The quantitative estimate of drug-likeness (QED) is 0.423. The summed E-state index contributed by atoms with van der Waals surface area (Å²) in [5.74, 6) is -0.112. The van der Waals surface area contributed by atoms with Gasteiger partial charge in [0, 0.05) is 12.4 Å². The monoisotopic (exact) mass is 486 g/mol. The van der Waals surface area contributed by atoms with Gasteiger partial charge in [0.2, 0.25) is 0 Å². The van der Waals surface area contributed by atoms with Crippen LogP contribution in [0.5, 0.6) is 5.75 Å². The van der Waals surface area contributed by atoms with Gasteiger partial charge in [0.15, 0.2) is 0 Å². The number of pyridine rings is 1. The second-order valence-corrected chi connectivity index (χ2v) is 10.9. The Hall–Kier alpha value is -3.17. The second kappa shape index (κ2) is 10.2. The van der Waals surface area contributed by atoms with Crippen molar-refractivity contribution >= 4 is 45.2 Å². The molecule has 0 aliphatic rings. The first-order chi connectivity index (χ1) is 15.6. The van der Waals surface area contributed by atoms with Crippen LogP contribution in [0.3, 0.4) is 0 Å². The first-order valence-corrected chi connectivity index (χ1v) is 12.5. The lowest BCUT2D eigenvalue weighted by molar-refractivity contribution is -0.152. The van der Waals surface area contributed by atoms with E-state index in [0.717, 1.165) is 9.87 Å². The molecule has 174 valence electrons. The third-order valence-corrected chi connectivity index (χ3v) is 7.06. The van der Waals surface area contributed by atoms with Gasteiger partial charge in [-0.05, 0) is 80.3 Å². The van der Waals surface area contributed by atoms with Crippen LogP contribution in [0.15, 0.2) is 65.1 Å². The van der Waals surface area contributed by atoms with Crippen molar-refractivity contribution in [2.45, 2.75) is 31.3 Å². The van der Waals surface area contributed by atoms with Crippen molar-refractivity contribution in [3.05, 3.63) is 70.7 Å². The first-order valence-electron chi connectivity index (χ1n) is 10.1. The minimum Gasteiger partial charge on any atom is -0.497 e. The number of benzene rings is 1. The number of hydrogen-bond acceptors (Lipinski definition) is 7. The van der Waals surface area contributed by atoms with Crippen LogP contribution in [-0.4, -0.2) is 38.6 Å². The molecule has 33 heavy (non-hydrogen) atoms. The summed E-state index contributed by atoms with van der Waals surface area (Å²) in [6.45, 7) is 4.75. The maximum Gasteiger partial charge on any atom is 0.327 e. The highest BCUT2D eigenvalue weighted by molar-refractivity contribution is 7.92. The zero-order chi connectivity index (χ0) is 24.1. The van der Waals surface area contributed by atoms with Gasteiger partial charge in [0.1, 0.15) is 17.9 Å². The van der Waals surface area contributed by atoms with E-state index in [0.29, 0.717) is 16.3 Å². The maximum absolute atomic E-state index is 13.6. The third-order valence-electron chi connectivity index (χ3n) is 4.42. The van der Waals surface area contributed by atoms with E-state index < -0.39 is 28.1 Å². The molecule has 0 fully saturated rings. The second-order valence-electron chi connectivity index (χ2n) is 8.06. The molecule has 0 aliphatic heterocycles. The Morgan fingerprint density at radius 3 is 2.33 bits per heavy atom. The van der Waals surface area contributed by atoms with Gasteiger partial charge in [-0.1, -0.05) is 6.08 Å². The van der Waals surface area contributed by atoms with E-state index in [-0.39, 0.29) is 4.90 Å². The number of thiophene rings is 1. The van der Waals surface area contributed by atoms with Crippen molar-refractivity contribution in [2.75, 3.05) is 18.0 Å². The molecule has 0 bridgehead atoms. The highest BCUT2D eigenvalue weighted by Crippen LogP contribution is 2.33. The van der Waals surface area contributed by atoms with Gasteiger partial charge in [-0.2, -0.15) is 0 Å². The van der Waals surface area contributed by atoms with E-state index in [1.807, 2.05) is 24.3 Å². The molecule has 2 heterocycles. The molecule has 7 nitrogen and oxygen atoms in total. The Bertz CT molecular complexity index is 1210. The Balaban J connectivity index is 2.02. The molecule has 0 spiro atoms. The van der Waals surface area contributed by atoms with E-state index in [9.17, 15) is 13.2 Å². The van der Waals surface area contributed by atoms with Crippen molar-refractivity contribution in [3.63, 3.8) is 0 Å². The number of esters is 1. The summed E-state index contributed by atoms with van der Waals surface area (Å²) in [6, 6.07) is 11.4. The Morgan fingerprint density at radius 1 is 1.06 bits per heavy atom. The van der Waals surface area contributed by atoms with Crippen LogP contribution in [0.2, 0.25) is 0 Å². The lowest BCUT2D eigenvalue weighted by Crippen LogP contribution is -2.39. The predicted octanol–water partition coefficient (Wildman–Crippen LogP) is 4.86. The summed E-state index contributed by atoms with van der Waals surface area (Å²) in [7, 11) is -2.56. The Labute approximate surface area is 198 Å². The number of carbonyl (C=O) groups is 1. The SMILES string of the molecule is COc1ccc(S(=O)(=O)N(CC(=O)OC(C)(C)C)c2ccsc2/C=C/c2ccncc2)cc1. The number of aromatic nitrogens is 1. The summed E-state index contributed by atoms with van der Waals surface area (Å²) >= 11 is 1.37. The van der Waals surface area contributed by atoms with Crippen LogP contribution < -0.4 is 9.04 Å². The van der Waals surface area contributed by atoms with Gasteiger partial charge in [-0.15, -0.1) is 11.3 Å². The van der Waals surface area contributed by atoms with Crippen molar-refractivity contribution in [1.82, 2.24) is 4.98 Å². The summed E-state index contributed by atoms with van der Waals surface area (Å²) in [5.41, 5.74) is 0.568. The number of nitrogens with zero attached hydrogens (tertiary/aromatic N) is 2. The van der Waals surface area contributed by atoms with E-state index in [2.05, 4.69) is 4.98 Å². The minimum absolute atomic E-state index is 0.0436. The first kappa shape index (κ1) is 24.5. The van der Waals surface area contributed by atoms with Crippen molar-refractivity contribution in [1.29, 1.82) is 0 Å². The van der Waals surface area contributed by atoms with E-state index in [1.54, 1.807) is 56.7 Å². The molecule has 3 rings (SSSR count). The summed E-state index contributed by atoms with van der Waals surface area (Å²) in [5, 5.41) is 1.78. The number of anilines is 1. The van der Waals surface area contributed by atoms with E-state index in [4.69, 9.17) is 9.47 Å². The molecule has 0 amide bonds. The highest BCUT2D eigenvalue weighted by atomic mass is 32.2. The van der Waals surface area contributed by atoms with E-state index in [1.165, 1.54) is 30.6 Å². The molecule has 0 atom stereocenters. The van der Waals surface area contributed by atoms with Gasteiger partial charge in [-0.3, -0.25) is 14.1 Å². The fourth-order valence-electron chi connectivity index (χ4n) is 2.96. The maximum atomic E-state index is 13.6. The summed E-state index contributed by atoms with van der Waals surface area (Å²) in [4.78, 5) is 17.4. The standard InChI is InChI=1S/C24H26N2O5S2/c1-24(2,3)31-23(27)17-26(33(28,29)20-8-6-19(30-4)7-9-20)21-13-16-32-22(21)10-5-18-11-14-25-15-12-18/h5-16H,17H2,1-4H3/b10-5+. The molecule has 0 aliphatic carbocycles. The zero-order valence-corrected chi connectivity index (χ0v) is 20.5. The van der Waals surface area contributed by atoms with Crippen LogP contribution in [0, 0.1) is 0 Å². The number of rotatable bonds is 8. The predicted molar refractivity (Wildman–Crippen MR) is 131 cm³/mol. The lowest BCUT2D eigenvalue weighted by Gasteiger charge is -2.26. The normalized spacial score (nSPS) is 12.0. The van der Waals surface area contributed by atoms with Gasteiger partial charge in [0.25, 0.3) is 10.0 Å². The number of ether oxygens (including phenoxy) is 2. The molecule has 0 N–H and O–H groups in total. The van der Waals surface area contributed by atoms with Crippen LogP contribution >= 0.6 is 11.3 Å². The van der Waals surface area contributed by atoms with Crippen molar-refractivity contribution in [2.24, 2.45) is 0 Å². The highest BCUT2D eigenvalue weighted by Gasteiger charge is 2.31. The average molecular weight is 487 g/mol. The average Bonchev–Trinajstić information content (AvgIpc) is 3.23. The fourth-order valence-corrected chi connectivity index (χ4v) is 5.23. The van der Waals surface area contributed by atoms with Crippen LogP contribution in [0.4, 0.5) is 5.69 Å². The van der Waals surface area contributed by atoms with Crippen LogP contribution in [0.1, 0.15) is 31.2 Å². The molecule has 1 aromatic carbocycles. The number of carbonyl (C=O) groups excluding carboxylic acids is 1. The fraction of sp³-hybridized carbons (Fsp3) is 0.250. The third kappa shape index (κ3) is 6.43. The molecule has 9 heteroatoms. The number of methoxy groups -OCH3 is 1. The number of sulfonamides is 1. The van der Waals surface area contributed by atoms with Gasteiger partial charge in [0.05, 0.1) is 22.6 Å². The van der Waals surface area contributed by atoms with Crippen molar-refractivity contribution < 1.29 is 22.7 Å².